The maximum Gasteiger partial charge on any atom is 0.290 e. The van der Waals surface area contributed by atoms with Gasteiger partial charge in [0.05, 0.1) is 11.6 Å². The number of aryl methyl sites for hydroxylation is 1. The predicted molar refractivity (Wildman–Crippen MR) is 134 cm³/mol. The number of hydrogen-bond donors (Lipinski definition) is 1. The molecule has 36 heavy (non-hydrogen) atoms. The van der Waals surface area contributed by atoms with Crippen LogP contribution in [0.1, 0.15) is 39.0 Å². The van der Waals surface area contributed by atoms with Gasteiger partial charge in [-0.15, -0.1) is 0 Å². The van der Waals surface area contributed by atoms with Crippen LogP contribution in [0.25, 0.3) is 0 Å². The molecule has 6 nitrogen and oxygen atoms in total. The Morgan fingerprint density at radius 1 is 0.889 bits per heavy atom. The lowest BCUT2D eigenvalue weighted by molar-refractivity contribution is -0.130. The maximum absolute atomic E-state index is 13.4. The normalized spacial score (nSPS) is 15.4. The molecule has 1 atom stereocenters. The van der Waals surface area contributed by atoms with Gasteiger partial charge in [-0.3, -0.25) is 9.59 Å². The van der Waals surface area contributed by atoms with Gasteiger partial charge in [0.2, 0.25) is 5.78 Å². The molecule has 0 aliphatic carbocycles. The van der Waals surface area contributed by atoms with Gasteiger partial charge in [-0.25, -0.2) is 0 Å². The van der Waals surface area contributed by atoms with Gasteiger partial charge in [0.1, 0.15) is 18.1 Å². The average molecular weight is 480 g/mol. The lowest BCUT2D eigenvalue weighted by Crippen LogP contribution is -2.30. The number of hydrogen-bond acceptors (Lipinski definition) is 5. The van der Waals surface area contributed by atoms with Crippen LogP contribution in [0.3, 0.4) is 0 Å². The van der Waals surface area contributed by atoms with Gasteiger partial charge < -0.3 is 19.2 Å². The third kappa shape index (κ3) is 4.66. The number of nitrogens with zero attached hydrogens (tertiary/aromatic N) is 1. The van der Waals surface area contributed by atoms with Crippen LogP contribution < -0.4 is 4.74 Å². The Hall–Kier alpha value is -4.58. The van der Waals surface area contributed by atoms with Gasteiger partial charge >= 0.3 is 0 Å². The Morgan fingerprint density at radius 3 is 2.14 bits per heavy atom. The first-order chi connectivity index (χ1) is 17.5. The first kappa shape index (κ1) is 23.2. The third-order valence-corrected chi connectivity index (χ3v) is 6.15. The molecule has 1 aliphatic rings. The SMILES string of the molecule is Cc1ccc(C(=O)C2=C(O)C(=O)N(Cc3ccccc3)C2c2ccc(OCc3ccccc3)cc2)o1. The van der Waals surface area contributed by atoms with E-state index in [0.29, 0.717) is 23.7 Å². The Bertz CT molecular complexity index is 1400. The molecule has 0 radical (unpaired) electrons. The topological polar surface area (TPSA) is 80.0 Å². The van der Waals surface area contributed by atoms with Crippen LogP contribution in [0.15, 0.2) is 113 Å². The molecule has 4 aromatic rings. The maximum atomic E-state index is 13.4. The number of amides is 1. The van der Waals surface area contributed by atoms with E-state index < -0.39 is 23.5 Å². The third-order valence-electron chi connectivity index (χ3n) is 6.15. The number of furan rings is 1. The number of Topliss-reactive ketones (excluding diaryl/α,β-unsaturated/α-hetero) is 1. The smallest absolute Gasteiger partial charge is 0.290 e. The van der Waals surface area contributed by atoms with Crippen molar-refractivity contribution in [1.82, 2.24) is 4.90 Å². The molecule has 0 saturated carbocycles. The van der Waals surface area contributed by atoms with E-state index in [1.54, 1.807) is 31.2 Å². The van der Waals surface area contributed by atoms with Crippen LogP contribution in [-0.2, 0) is 17.9 Å². The zero-order valence-corrected chi connectivity index (χ0v) is 19.8. The molecular formula is C30H25NO5. The minimum Gasteiger partial charge on any atom is -0.503 e. The summed E-state index contributed by atoms with van der Waals surface area (Å²) in [4.78, 5) is 28.1. The van der Waals surface area contributed by atoms with Crippen LogP contribution in [-0.4, -0.2) is 21.7 Å². The van der Waals surface area contributed by atoms with E-state index >= 15 is 0 Å². The number of rotatable bonds is 8. The molecule has 2 heterocycles. The van der Waals surface area contributed by atoms with Crippen molar-refractivity contribution in [3.8, 4) is 5.75 Å². The zero-order chi connectivity index (χ0) is 25.1. The van der Waals surface area contributed by atoms with Gasteiger partial charge in [-0.2, -0.15) is 0 Å². The highest BCUT2D eigenvalue weighted by Crippen LogP contribution is 2.40. The fraction of sp³-hybridized carbons (Fsp3) is 0.133. The highest BCUT2D eigenvalue weighted by atomic mass is 16.5. The highest BCUT2D eigenvalue weighted by Gasteiger charge is 2.44. The first-order valence-electron chi connectivity index (χ1n) is 11.7. The molecule has 6 heteroatoms. The molecule has 1 N–H and O–H groups in total. The standard InChI is InChI=1S/C30H25NO5/c1-20-12-17-25(36-20)28(32)26-27(31(30(34)29(26)33)18-21-8-4-2-5-9-21)23-13-15-24(16-14-23)35-19-22-10-6-3-7-11-22/h2-17,27,33H,18-19H2,1H3. The summed E-state index contributed by atoms with van der Waals surface area (Å²) in [6.45, 7) is 2.39. The number of carbonyl (C=O) groups excluding carboxylic acids is 2. The molecule has 0 saturated heterocycles. The van der Waals surface area contributed by atoms with Crippen LogP contribution in [0.5, 0.6) is 5.75 Å². The van der Waals surface area contributed by atoms with Crippen LogP contribution in [0, 0.1) is 6.92 Å². The molecule has 1 aliphatic heterocycles. The fourth-order valence-corrected chi connectivity index (χ4v) is 4.35. The molecule has 1 aromatic heterocycles. The van der Waals surface area contributed by atoms with Crippen molar-refractivity contribution in [2.45, 2.75) is 26.1 Å². The molecule has 1 amide bonds. The van der Waals surface area contributed by atoms with Gasteiger partial charge in [0.15, 0.2) is 11.5 Å². The Balaban J connectivity index is 1.47. The second-order valence-electron chi connectivity index (χ2n) is 8.67. The van der Waals surface area contributed by atoms with E-state index in [2.05, 4.69) is 0 Å². The van der Waals surface area contributed by atoms with Crippen molar-refractivity contribution in [2.75, 3.05) is 0 Å². The summed E-state index contributed by atoms with van der Waals surface area (Å²) in [6.07, 6.45) is 0. The summed E-state index contributed by atoms with van der Waals surface area (Å²) < 4.78 is 11.4. The van der Waals surface area contributed by atoms with Gasteiger partial charge in [-0.05, 0) is 47.9 Å². The van der Waals surface area contributed by atoms with E-state index in [-0.39, 0.29) is 17.9 Å². The van der Waals surface area contributed by atoms with Gasteiger partial charge in [0, 0.05) is 6.54 Å². The second-order valence-corrected chi connectivity index (χ2v) is 8.67. The number of carbonyl (C=O) groups is 2. The fourth-order valence-electron chi connectivity index (χ4n) is 4.35. The molecule has 180 valence electrons. The van der Waals surface area contributed by atoms with Crippen molar-refractivity contribution in [2.24, 2.45) is 0 Å². The largest absolute Gasteiger partial charge is 0.503 e. The van der Waals surface area contributed by atoms with E-state index in [1.807, 2.05) is 72.8 Å². The minimum absolute atomic E-state index is 0.00300. The molecule has 0 spiro atoms. The van der Waals surface area contributed by atoms with Crippen LogP contribution >= 0.6 is 0 Å². The van der Waals surface area contributed by atoms with Crippen molar-refractivity contribution in [1.29, 1.82) is 0 Å². The molecule has 0 fully saturated rings. The summed E-state index contributed by atoms with van der Waals surface area (Å²) in [5, 5.41) is 10.8. The van der Waals surface area contributed by atoms with E-state index in [0.717, 1.165) is 11.1 Å². The van der Waals surface area contributed by atoms with Gasteiger partial charge in [-0.1, -0.05) is 72.8 Å². The minimum atomic E-state index is -0.779. The highest BCUT2D eigenvalue weighted by molar-refractivity contribution is 6.15. The first-order valence-corrected chi connectivity index (χ1v) is 11.7. The Labute approximate surface area is 209 Å². The summed E-state index contributed by atoms with van der Waals surface area (Å²) in [6, 6.07) is 29.0. The van der Waals surface area contributed by atoms with E-state index in [1.165, 1.54) is 4.90 Å². The number of aliphatic hydroxyl groups is 1. The molecule has 5 rings (SSSR count). The van der Waals surface area contributed by atoms with Crippen molar-refractivity contribution >= 4 is 11.7 Å². The van der Waals surface area contributed by atoms with E-state index in [4.69, 9.17) is 9.15 Å². The van der Waals surface area contributed by atoms with Crippen LogP contribution in [0.4, 0.5) is 0 Å². The quantitative estimate of drug-likeness (QED) is 0.316. The van der Waals surface area contributed by atoms with E-state index in [9.17, 15) is 14.7 Å². The second kappa shape index (κ2) is 9.96. The summed E-state index contributed by atoms with van der Waals surface area (Å²) in [7, 11) is 0. The van der Waals surface area contributed by atoms with Crippen molar-refractivity contribution in [3.05, 3.63) is 137 Å². The summed E-state index contributed by atoms with van der Waals surface area (Å²) in [5.41, 5.74) is 2.62. The number of aliphatic hydroxyl groups excluding tert-OH is 1. The summed E-state index contributed by atoms with van der Waals surface area (Å²) >= 11 is 0. The average Bonchev–Trinajstić information content (AvgIpc) is 3.45. The van der Waals surface area contributed by atoms with Crippen molar-refractivity contribution < 1.29 is 23.8 Å². The number of ether oxygens (including phenoxy) is 1. The lowest BCUT2D eigenvalue weighted by Gasteiger charge is -2.27. The lowest BCUT2D eigenvalue weighted by atomic mass is 9.95. The predicted octanol–water partition coefficient (Wildman–Crippen LogP) is 5.95. The van der Waals surface area contributed by atoms with Crippen LogP contribution in [0.2, 0.25) is 0 Å². The van der Waals surface area contributed by atoms with Crippen molar-refractivity contribution in [3.63, 3.8) is 0 Å². The Morgan fingerprint density at radius 2 is 1.53 bits per heavy atom. The summed E-state index contributed by atoms with van der Waals surface area (Å²) in [5.74, 6) is -0.362. The monoisotopic (exact) mass is 479 g/mol. The number of benzene rings is 3. The zero-order valence-electron chi connectivity index (χ0n) is 19.8. The molecule has 0 bridgehead atoms. The molecular weight excluding hydrogens is 454 g/mol. The molecule has 1 unspecified atom stereocenters. The Kier molecular flexibility index (Phi) is 6.41. The van der Waals surface area contributed by atoms with Gasteiger partial charge in [0.25, 0.3) is 5.91 Å². The molecule has 3 aromatic carbocycles. The number of ketones is 1.